The zero-order valence-corrected chi connectivity index (χ0v) is 7.96. The van der Waals surface area contributed by atoms with Crippen LogP contribution in [0.3, 0.4) is 0 Å². The molecule has 0 spiro atoms. The highest BCUT2D eigenvalue weighted by molar-refractivity contribution is 7.82. The van der Waals surface area contributed by atoms with E-state index >= 15 is 0 Å². The molecule has 0 aliphatic heterocycles. The summed E-state index contributed by atoms with van der Waals surface area (Å²) in [4.78, 5) is 0. The first kappa shape index (κ1) is 9.79. The molecule has 0 bridgehead atoms. The quantitative estimate of drug-likeness (QED) is 0.544. The molecule has 0 fully saturated rings. The van der Waals surface area contributed by atoms with E-state index < -0.39 is 0 Å². The van der Waals surface area contributed by atoms with Crippen molar-refractivity contribution in [2.75, 3.05) is 0 Å². The summed E-state index contributed by atoms with van der Waals surface area (Å²) in [7, 11) is 0. The van der Waals surface area contributed by atoms with Crippen molar-refractivity contribution in [2.45, 2.75) is 23.8 Å². The maximum absolute atomic E-state index is 4.23. The second kappa shape index (κ2) is 5.57. The molecule has 0 aromatic rings. The van der Waals surface area contributed by atoms with E-state index in [2.05, 4.69) is 43.3 Å². The smallest absolute Gasteiger partial charge is 0.0221 e. The largest absolute Gasteiger partial charge is 0.176 e. The van der Waals surface area contributed by atoms with E-state index in [1.807, 2.05) is 13.0 Å². The van der Waals surface area contributed by atoms with Gasteiger partial charge in [-0.15, -0.1) is 12.6 Å². The average Bonchev–Trinajstić information content (AvgIpc) is 1.63. The third-order valence-corrected chi connectivity index (χ3v) is 1.57. The minimum absolute atomic E-state index is 0.245. The van der Waals surface area contributed by atoms with Crippen molar-refractivity contribution < 1.29 is 0 Å². The Morgan fingerprint density at radius 1 is 1.56 bits per heavy atom. The molecular formula is C6H11S3. The molecule has 0 rings (SSSR count). The normalized spacial score (nSPS) is 18.2. The Kier molecular flexibility index (Phi) is 6.05. The Morgan fingerprint density at radius 3 is 2.44 bits per heavy atom. The van der Waals surface area contributed by atoms with Crippen LogP contribution >= 0.6 is 37.9 Å². The summed E-state index contributed by atoms with van der Waals surface area (Å²) in [5, 5.41) is 3.27. The molecule has 0 saturated heterocycles. The first-order valence-electron chi connectivity index (χ1n) is 2.76. The highest BCUT2D eigenvalue weighted by Crippen LogP contribution is 2.10. The SMILES string of the molecule is CC(S)CC(S)C=[C]S. The van der Waals surface area contributed by atoms with Crippen molar-refractivity contribution in [3.63, 3.8) is 0 Å². The van der Waals surface area contributed by atoms with E-state index in [1.54, 1.807) is 0 Å². The van der Waals surface area contributed by atoms with Gasteiger partial charge in [-0.1, -0.05) is 13.0 Å². The van der Waals surface area contributed by atoms with Gasteiger partial charge in [0.2, 0.25) is 0 Å². The van der Waals surface area contributed by atoms with Gasteiger partial charge in [0.15, 0.2) is 0 Å². The van der Waals surface area contributed by atoms with Gasteiger partial charge in [0.05, 0.1) is 0 Å². The minimum Gasteiger partial charge on any atom is -0.176 e. The summed E-state index contributed by atoms with van der Waals surface area (Å²) < 4.78 is 0. The molecule has 0 aromatic carbocycles. The molecule has 1 radical (unpaired) electrons. The van der Waals surface area contributed by atoms with Gasteiger partial charge in [-0.2, -0.15) is 25.3 Å². The second-order valence-electron chi connectivity index (χ2n) is 1.95. The molecule has 0 saturated carbocycles. The fourth-order valence-corrected chi connectivity index (χ4v) is 1.59. The monoisotopic (exact) mass is 179 g/mol. The van der Waals surface area contributed by atoms with Crippen LogP contribution in [0.4, 0.5) is 0 Å². The summed E-state index contributed by atoms with van der Waals surface area (Å²) in [5.74, 6) is 0. The molecule has 9 heavy (non-hydrogen) atoms. The van der Waals surface area contributed by atoms with Crippen molar-refractivity contribution in [1.29, 1.82) is 0 Å². The predicted molar refractivity (Wildman–Crippen MR) is 52.6 cm³/mol. The number of rotatable bonds is 3. The molecule has 2 atom stereocenters. The van der Waals surface area contributed by atoms with Crippen molar-refractivity contribution in [3.8, 4) is 0 Å². The van der Waals surface area contributed by atoms with E-state index in [4.69, 9.17) is 0 Å². The fraction of sp³-hybridized carbons (Fsp3) is 0.667. The van der Waals surface area contributed by atoms with Gasteiger partial charge in [0.25, 0.3) is 0 Å². The van der Waals surface area contributed by atoms with Gasteiger partial charge >= 0.3 is 0 Å². The highest BCUT2D eigenvalue weighted by Gasteiger charge is 2.00. The Labute approximate surface area is 73.3 Å². The van der Waals surface area contributed by atoms with Crippen molar-refractivity contribution in [2.24, 2.45) is 0 Å². The summed E-state index contributed by atoms with van der Waals surface area (Å²) >= 11 is 12.2. The van der Waals surface area contributed by atoms with Gasteiger partial charge < -0.3 is 0 Å². The van der Waals surface area contributed by atoms with Gasteiger partial charge in [-0.25, -0.2) is 0 Å². The average molecular weight is 179 g/mol. The zero-order valence-electron chi connectivity index (χ0n) is 5.28. The van der Waals surface area contributed by atoms with Crippen LogP contribution in [-0.4, -0.2) is 10.5 Å². The molecule has 0 aliphatic rings. The Hall–Kier alpha value is 0.790. The van der Waals surface area contributed by atoms with Gasteiger partial charge in [-0.3, -0.25) is 0 Å². The number of hydrogen-bond donors (Lipinski definition) is 3. The van der Waals surface area contributed by atoms with E-state index in [0.29, 0.717) is 5.25 Å². The lowest BCUT2D eigenvalue weighted by atomic mass is 10.2. The lowest BCUT2D eigenvalue weighted by Crippen LogP contribution is -2.01. The maximum atomic E-state index is 4.23. The predicted octanol–water partition coefficient (Wildman–Crippen LogP) is 2.24. The first-order chi connectivity index (χ1) is 4.16. The van der Waals surface area contributed by atoms with Gasteiger partial charge in [-0.05, 0) is 6.42 Å². The molecule has 0 aliphatic carbocycles. The van der Waals surface area contributed by atoms with Crippen molar-refractivity contribution >= 4 is 37.9 Å². The summed E-state index contributed by atoms with van der Waals surface area (Å²) in [6, 6.07) is 0. The van der Waals surface area contributed by atoms with E-state index in [1.165, 1.54) is 0 Å². The summed E-state index contributed by atoms with van der Waals surface area (Å²) in [5.41, 5.74) is 0. The van der Waals surface area contributed by atoms with Gasteiger partial charge in [0.1, 0.15) is 0 Å². The molecule has 0 aromatic heterocycles. The second-order valence-corrected chi connectivity index (χ2v) is 3.75. The van der Waals surface area contributed by atoms with E-state index in [-0.39, 0.29) is 5.25 Å². The maximum Gasteiger partial charge on any atom is 0.0221 e. The molecule has 2 unspecified atom stereocenters. The highest BCUT2D eigenvalue weighted by atomic mass is 32.1. The van der Waals surface area contributed by atoms with E-state index in [9.17, 15) is 0 Å². The third kappa shape index (κ3) is 6.68. The van der Waals surface area contributed by atoms with E-state index in [0.717, 1.165) is 6.42 Å². The molecule has 3 heteroatoms. The van der Waals surface area contributed by atoms with Crippen molar-refractivity contribution in [1.82, 2.24) is 0 Å². The van der Waals surface area contributed by atoms with Crippen LogP contribution < -0.4 is 0 Å². The van der Waals surface area contributed by atoms with Crippen LogP contribution in [0, 0.1) is 5.41 Å². The lowest BCUT2D eigenvalue weighted by molar-refractivity contribution is 0.855. The Balaban J connectivity index is 3.38. The Bertz CT molecular complexity index is 88.3. The third-order valence-electron chi connectivity index (χ3n) is 0.850. The van der Waals surface area contributed by atoms with Crippen molar-refractivity contribution in [3.05, 3.63) is 11.5 Å². The van der Waals surface area contributed by atoms with Crippen LogP contribution in [0.25, 0.3) is 0 Å². The topological polar surface area (TPSA) is 0 Å². The van der Waals surface area contributed by atoms with Crippen LogP contribution in [0.5, 0.6) is 0 Å². The zero-order chi connectivity index (χ0) is 7.28. The minimum atomic E-state index is 0.245. The molecule has 0 amide bonds. The molecule has 0 nitrogen and oxygen atoms in total. The first-order valence-corrected chi connectivity index (χ1v) is 4.24. The molecular weight excluding hydrogens is 168 g/mol. The standard InChI is InChI=1S/C6H11S3/c1-5(8)4-6(9)2-3-7/h2,5-9H,4H2,1H3. The molecule has 0 N–H and O–H groups in total. The molecule has 0 heterocycles. The lowest BCUT2D eigenvalue weighted by Gasteiger charge is -2.05. The summed E-state index contributed by atoms with van der Waals surface area (Å²) in [6.07, 6.45) is 2.78. The van der Waals surface area contributed by atoms with Crippen LogP contribution in [-0.2, 0) is 0 Å². The molecule has 53 valence electrons. The Morgan fingerprint density at radius 2 is 2.11 bits per heavy atom. The van der Waals surface area contributed by atoms with Crippen LogP contribution in [0.2, 0.25) is 0 Å². The fourth-order valence-electron chi connectivity index (χ4n) is 0.504. The van der Waals surface area contributed by atoms with Gasteiger partial charge in [0, 0.05) is 15.9 Å². The summed E-state index contributed by atoms with van der Waals surface area (Å²) in [6.45, 7) is 2.04. The number of hydrogen-bond acceptors (Lipinski definition) is 3. The van der Waals surface area contributed by atoms with Crippen LogP contribution in [0.15, 0.2) is 6.08 Å². The number of thiol groups is 3. The van der Waals surface area contributed by atoms with Crippen LogP contribution in [0.1, 0.15) is 13.3 Å².